The summed E-state index contributed by atoms with van der Waals surface area (Å²) in [5.74, 6) is 0.455. The first-order valence-electron chi connectivity index (χ1n) is 6.17. The Morgan fingerprint density at radius 3 is 2.67 bits per heavy atom. The molecular weight excluding hydrogens is 316 g/mol. The number of sulfonamides is 1. The maximum atomic E-state index is 11.6. The maximum Gasteiger partial charge on any atom is 0.238 e. The summed E-state index contributed by atoms with van der Waals surface area (Å²) in [4.78, 5) is 4.13. The van der Waals surface area contributed by atoms with Gasteiger partial charge in [0.1, 0.15) is 16.4 Å². The lowest BCUT2D eigenvalue weighted by atomic mass is 10.2. The Morgan fingerprint density at radius 1 is 1.24 bits per heavy atom. The van der Waals surface area contributed by atoms with Gasteiger partial charge in [-0.2, -0.15) is 0 Å². The molecule has 0 amide bonds. The fourth-order valence-corrected chi connectivity index (χ4v) is 2.77. The molecule has 1 aromatic carbocycles. The second-order valence-electron chi connectivity index (χ2n) is 4.33. The van der Waals surface area contributed by atoms with Gasteiger partial charge in [0, 0.05) is 25.5 Å². The highest BCUT2D eigenvalue weighted by atomic mass is 35.5. The van der Waals surface area contributed by atoms with E-state index in [0.29, 0.717) is 36.3 Å². The van der Waals surface area contributed by atoms with Gasteiger partial charge < -0.3 is 9.47 Å². The molecule has 0 aliphatic heterocycles. The largest absolute Gasteiger partial charge is 0.491 e. The Bertz CT molecular complexity index is 749. The molecule has 0 saturated heterocycles. The van der Waals surface area contributed by atoms with Crippen LogP contribution in [-0.2, 0) is 14.8 Å². The van der Waals surface area contributed by atoms with Gasteiger partial charge in [-0.3, -0.25) is 0 Å². The highest BCUT2D eigenvalue weighted by molar-refractivity contribution is 7.89. The van der Waals surface area contributed by atoms with Crippen molar-refractivity contribution < 1.29 is 17.9 Å². The molecule has 21 heavy (non-hydrogen) atoms. The lowest BCUT2D eigenvalue weighted by Gasteiger charge is -2.11. The van der Waals surface area contributed by atoms with E-state index < -0.39 is 10.0 Å². The fraction of sp³-hybridized carbons (Fsp3) is 0.308. The van der Waals surface area contributed by atoms with E-state index in [0.717, 1.165) is 0 Å². The van der Waals surface area contributed by atoms with Crippen LogP contribution in [0.4, 0.5) is 0 Å². The smallest absolute Gasteiger partial charge is 0.238 e. The molecule has 0 spiro atoms. The minimum Gasteiger partial charge on any atom is -0.491 e. The van der Waals surface area contributed by atoms with E-state index in [2.05, 4.69) is 4.98 Å². The van der Waals surface area contributed by atoms with Gasteiger partial charge >= 0.3 is 0 Å². The highest BCUT2D eigenvalue weighted by Gasteiger charge is 2.16. The van der Waals surface area contributed by atoms with Crippen LogP contribution in [-0.4, -0.2) is 33.7 Å². The van der Waals surface area contributed by atoms with Crippen molar-refractivity contribution in [2.45, 2.75) is 11.3 Å². The summed E-state index contributed by atoms with van der Waals surface area (Å²) in [5.41, 5.74) is 0.367. The standard InChI is InChI=1S/C13H15ClN2O4S/c1-19-7-2-8-20-10-4-5-11(21(15,17)18)9-3-6-12(14)16-13(9)10/h3-6H,2,7-8H2,1H3,(H2,15,17,18). The summed E-state index contributed by atoms with van der Waals surface area (Å²) in [6, 6.07) is 6.00. The van der Waals surface area contributed by atoms with Gasteiger partial charge in [0.15, 0.2) is 0 Å². The average molecular weight is 331 g/mol. The van der Waals surface area contributed by atoms with Crippen LogP contribution in [0, 0.1) is 0 Å². The summed E-state index contributed by atoms with van der Waals surface area (Å²) in [6.45, 7) is 0.993. The molecule has 0 saturated carbocycles. The van der Waals surface area contributed by atoms with Crippen molar-refractivity contribution >= 4 is 32.5 Å². The zero-order valence-electron chi connectivity index (χ0n) is 11.4. The number of hydrogen-bond acceptors (Lipinski definition) is 5. The van der Waals surface area contributed by atoms with Crippen molar-refractivity contribution in [3.8, 4) is 5.75 Å². The maximum absolute atomic E-state index is 11.6. The highest BCUT2D eigenvalue weighted by Crippen LogP contribution is 2.30. The summed E-state index contributed by atoms with van der Waals surface area (Å²) in [6.07, 6.45) is 0.704. The van der Waals surface area contributed by atoms with Crippen LogP contribution in [0.5, 0.6) is 5.75 Å². The molecule has 0 bridgehead atoms. The normalized spacial score (nSPS) is 11.8. The van der Waals surface area contributed by atoms with Crippen molar-refractivity contribution in [2.24, 2.45) is 5.14 Å². The van der Waals surface area contributed by atoms with E-state index in [1.807, 2.05) is 0 Å². The molecule has 2 aromatic rings. The molecule has 1 heterocycles. The van der Waals surface area contributed by atoms with E-state index in [1.165, 1.54) is 18.2 Å². The van der Waals surface area contributed by atoms with E-state index in [9.17, 15) is 8.42 Å². The molecule has 6 nitrogen and oxygen atoms in total. The molecule has 0 atom stereocenters. The van der Waals surface area contributed by atoms with Crippen LogP contribution in [0.1, 0.15) is 6.42 Å². The van der Waals surface area contributed by atoms with E-state index in [-0.39, 0.29) is 10.0 Å². The molecule has 114 valence electrons. The number of methoxy groups -OCH3 is 1. The van der Waals surface area contributed by atoms with Crippen LogP contribution in [0.15, 0.2) is 29.2 Å². The Balaban J connectivity index is 2.46. The Kier molecular flexibility index (Phi) is 5.00. The summed E-state index contributed by atoms with van der Waals surface area (Å²) in [7, 11) is -2.24. The number of fused-ring (bicyclic) bond motifs is 1. The van der Waals surface area contributed by atoms with Gasteiger partial charge in [0.05, 0.1) is 11.5 Å². The zero-order chi connectivity index (χ0) is 15.5. The molecule has 8 heteroatoms. The Hall–Kier alpha value is -1.41. The van der Waals surface area contributed by atoms with Crippen molar-refractivity contribution in [1.82, 2.24) is 4.98 Å². The molecule has 2 N–H and O–H groups in total. The van der Waals surface area contributed by atoms with E-state index in [4.69, 9.17) is 26.2 Å². The molecule has 2 rings (SSSR count). The third-order valence-corrected chi connectivity index (χ3v) is 3.98. The second kappa shape index (κ2) is 6.57. The molecule has 0 aliphatic rings. The first-order chi connectivity index (χ1) is 9.93. The summed E-state index contributed by atoms with van der Waals surface area (Å²) >= 11 is 5.87. The molecule has 0 radical (unpaired) electrons. The number of aromatic nitrogens is 1. The zero-order valence-corrected chi connectivity index (χ0v) is 12.9. The van der Waals surface area contributed by atoms with Crippen molar-refractivity contribution in [3.63, 3.8) is 0 Å². The Labute approximate surface area is 127 Å². The van der Waals surface area contributed by atoms with Gasteiger partial charge in [0.2, 0.25) is 10.0 Å². The number of nitrogens with zero attached hydrogens (tertiary/aromatic N) is 1. The number of benzene rings is 1. The SMILES string of the molecule is COCCCOc1ccc(S(N)(=O)=O)c2ccc(Cl)nc12. The first kappa shape index (κ1) is 16.0. The summed E-state index contributed by atoms with van der Waals surface area (Å²) < 4.78 is 33.7. The molecule has 0 aliphatic carbocycles. The number of primary sulfonamides is 1. The average Bonchev–Trinajstić information content (AvgIpc) is 2.42. The number of rotatable bonds is 6. The van der Waals surface area contributed by atoms with Crippen LogP contribution in [0.2, 0.25) is 5.15 Å². The lowest BCUT2D eigenvalue weighted by molar-refractivity contribution is 0.172. The number of ether oxygens (including phenoxy) is 2. The lowest BCUT2D eigenvalue weighted by Crippen LogP contribution is -2.13. The van der Waals surface area contributed by atoms with Crippen LogP contribution in [0.3, 0.4) is 0 Å². The first-order valence-corrected chi connectivity index (χ1v) is 8.09. The predicted octanol–water partition coefficient (Wildman–Crippen LogP) is 1.95. The van der Waals surface area contributed by atoms with Gasteiger partial charge in [-0.1, -0.05) is 11.6 Å². The minimum atomic E-state index is -3.85. The second-order valence-corrected chi connectivity index (χ2v) is 6.25. The number of nitrogens with two attached hydrogens (primary N) is 1. The third kappa shape index (κ3) is 3.82. The van der Waals surface area contributed by atoms with E-state index >= 15 is 0 Å². The topological polar surface area (TPSA) is 91.5 Å². The third-order valence-electron chi connectivity index (χ3n) is 2.80. The van der Waals surface area contributed by atoms with Crippen LogP contribution < -0.4 is 9.88 Å². The van der Waals surface area contributed by atoms with Gasteiger partial charge in [-0.15, -0.1) is 0 Å². The van der Waals surface area contributed by atoms with Crippen molar-refractivity contribution in [1.29, 1.82) is 0 Å². The predicted molar refractivity (Wildman–Crippen MR) is 80.1 cm³/mol. The number of pyridine rings is 1. The molecule has 0 fully saturated rings. The minimum absolute atomic E-state index is 0.00842. The van der Waals surface area contributed by atoms with E-state index in [1.54, 1.807) is 13.2 Å². The molecular formula is C13H15ClN2O4S. The number of hydrogen-bond donors (Lipinski definition) is 1. The number of halogens is 1. The van der Waals surface area contributed by atoms with Crippen molar-refractivity contribution in [3.05, 3.63) is 29.4 Å². The molecule has 0 unspecified atom stereocenters. The summed E-state index contributed by atoms with van der Waals surface area (Å²) in [5, 5.41) is 5.83. The van der Waals surface area contributed by atoms with Crippen molar-refractivity contribution in [2.75, 3.05) is 20.3 Å². The Morgan fingerprint density at radius 2 is 2.00 bits per heavy atom. The molecule has 1 aromatic heterocycles. The monoisotopic (exact) mass is 330 g/mol. The fourth-order valence-electron chi connectivity index (χ4n) is 1.89. The van der Waals surface area contributed by atoms with Gasteiger partial charge in [0.25, 0.3) is 0 Å². The van der Waals surface area contributed by atoms with Gasteiger partial charge in [-0.25, -0.2) is 18.5 Å². The van der Waals surface area contributed by atoms with Gasteiger partial charge in [-0.05, 0) is 24.3 Å². The van der Waals surface area contributed by atoms with Crippen LogP contribution in [0.25, 0.3) is 10.9 Å². The van der Waals surface area contributed by atoms with Crippen LogP contribution >= 0.6 is 11.6 Å². The quantitative estimate of drug-likeness (QED) is 0.645.